The molecule has 1 aromatic rings. The van der Waals surface area contributed by atoms with Crippen LogP contribution < -0.4 is 11.1 Å². The van der Waals surface area contributed by atoms with Crippen LogP contribution in [0.2, 0.25) is 0 Å². The average Bonchev–Trinajstić information content (AvgIpc) is 2.32. The number of aliphatic hydroxyl groups is 1. The molecule has 0 aliphatic rings. The van der Waals surface area contributed by atoms with Crippen LogP contribution >= 0.6 is 15.9 Å². The molecule has 0 aliphatic carbocycles. The summed E-state index contributed by atoms with van der Waals surface area (Å²) in [5.41, 5.74) is 6.56. The maximum Gasteiger partial charge on any atom is 0.253 e. The van der Waals surface area contributed by atoms with Crippen LogP contribution in [0.25, 0.3) is 0 Å². The third-order valence-corrected chi connectivity index (χ3v) is 2.52. The molecule has 1 amide bonds. The summed E-state index contributed by atoms with van der Waals surface area (Å²) < 4.78 is 5.82. The Labute approximate surface area is 108 Å². The van der Waals surface area contributed by atoms with E-state index in [0.29, 0.717) is 24.4 Å². The number of hydrogen-bond acceptors (Lipinski definition) is 4. The third-order valence-electron chi connectivity index (χ3n) is 2.03. The van der Waals surface area contributed by atoms with Gasteiger partial charge in [0.15, 0.2) is 0 Å². The molecule has 0 radical (unpaired) electrons. The molecule has 4 N–H and O–H groups in total. The smallest absolute Gasteiger partial charge is 0.253 e. The second-order valence-corrected chi connectivity index (χ2v) is 4.24. The number of nitrogens with two attached hydrogens (primary N) is 1. The number of carbonyl (C=O) groups excluding carboxylic acids is 1. The summed E-state index contributed by atoms with van der Waals surface area (Å²) in [6, 6.07) is 5.11. The minimum atomic E-state index is -0.239. The molecule has 0 saturated heterocycles. The number of ether oxygens (including phenoxy) is 1. The molecule has 0 bridgehead atoms. The van der Waals surface area contributed by atoms with Crippen LogP contribution in [-0.2, 0) is 4.74 Å². The highest BCUT2D eigenvalue weighted by atomic mass is 79.9. The third kappa shape index (κ3) is 4.72. The van der Waals surface area contributed by atoms with Gasteiger partial charge in [-0.05, 0) is 18.2 Å². The largest absolute Gasteiger partial charge is 0.398 e. The van der Waals surface area contributed by atoms with Crippen molar-refractivity contribution in [2.75, 3.05) is 32.1 Å². The molecule has 0 fully saturated rings. The van der Waals surface area contributed by atoms with Gasteiger partial charge in [0, 0.05) is 16.7 Å². The van der Waals surface area contributed by atoms with Gasteiger partial charge in [0.05, 0.1) is 25.4 Å². The number of anilines is 1. The molecule has 0 unspecified atom stereocenters. The maximum atomic E-state index is 11.7. The lowest BCUT2D eigenvalue weighted by Gasteiger charge is -2.08. The first kappa shape index (κ1) is 14.0. The number of nitrogens with one attached hydrogen (secondary N) is 1. The van der Waals surface area contributed by atoms with Gasteiger partial charge in [0.25, 0.3) is 5.91 Å². The van der Waals surface area contributed by atoms with Gasteiger partial charge in [-0.15, -0.1) is 0 Å². The summed E-state index contributed by atoms with van der Waals surface area (Å²) in [5, 5.41) is 11.2. The van der Waals surface area contributed by atoms with E-state index in [0.717, 1.165) is 4.47 Å². The van der Waals surface area contributed by atoms with E-state index in [1.807, 2.05) is 0 Å². The number of halogens is 1. The van der Waals surface area contributed by atoms with Crippen molar-refractivity contribution in [2.45, 2.75) is 0 Å². The Morgan fingerprint density at radius 1 is 1.47 bits per heavy atom. The Balaban J connectivity index is 2.44. The molecular formula is C11H15BrN2O3. The van der Waals surface area contributed by atoms with Crippen molar-refractivity contribution in [3.05, 3.63) is 28.2 Å². The van der Waals surface area contributed by atoms with Crippen molar-refractivity contribution in [3.8, 4) is 0 Å². The van der Waals surface area contributed by atoms with Gasteiger partial charge in [-0.3, -0.25) is 4.79 Å². The van der Waals surface area contributed by atoms with Crippen LogP contribution in [0.15, 0.2) is 22.7 Å². The summed E-state index contributed by atoms with van der Waals surface area (Å²) in [7, 11) is 0. The van der Waals surface area contributed by atoms with Crippen molar-refractivity contribution in [3.63, 3.8) is 0 Å². The number of rotatable bonds is 6. The van der Waals surface area contributed by atoms with Gasteiger partial charge < -0.3 is 20.9 Å². The van der Waals surface area contributed by atoms with Gasteiger partial charge in [0.2, 0.25) is 0 Å². The fraction of sp³-hybridized carbons (Fsp3) is 0.364. The van der Waals surface area contributed by atoms with Crippen molar-refractivity contribution >= 4 is 27.5 Å². The van der Waals surface area contributed by atoms with Crippen LogP contribution in [-0.4, -0.2) is 37.4 Å². The first-order valence-corrected chi connectivity index (χ1v) is 5.96. The molecule has 1 aromatic carbocycles. The Morgan fingerprint density at radius 2 is 2.24 bits per heavy atom. The van der Waals surface area contributed by atoms with Crippen LogP contribution in [0, 0.1) is 0 Å². The second kappa shape index (κ2) is 7.26. The fourth-order valence-electron chi connectivity index (χ4n) is 1.22. The summed E-state index contributed by atoms with van der Waals surface area (Å²) in [6.45, 7) is 0.992. The molecule has 0 saturated carbocycles. The van der Waals surface area contributed by atoms with Crippen LogP contribution in [0.4, 0.5) is 5.69 Å². The molecule has 94 valence electrons. The zero-order valence-electron chi connectivity index (χ0n) is 9.28. The van der Waals surface area contributed by atoms with Gasteiger partial charge in [-0.25, -0.2) is 0 Å². The van der Waals surface area contributed by atoms with E-state index in [4.69, 9.17) is 15.6 Å². The minimum Gasteiger partial charge on any atom is -0.398 e. The molecule has 17 heavy (non-hydrogen) atoms. The Bertz CT molecular complexity index is 385. The zero-order valence-corrected chi connectivity index (χ0v) is 10.9. The molecular weight excluding hydrogens is 288 g/mol. The van der Waals surface area contributed by atoms with Gasteiger partial charge >= 0.3 is 0 Å². The average molecular weight is 303 g/mol. The van der Waals surface area contributed by atoms with Gasteiger partial charge in [0.1, 0.15) is 0 Å². The molecule has 0 heterocycles. The van der Waals surface area contributed by atoms with Crippen molar-refractivity contribution < 1.29 is 14.6 Å². The summed E-state index contributed by atoms with van der Waals surface area (Å²) in [4.78, 5) is 11.7. The Hall–Kier alpha value is -1.11. The Kier molecular flexibility index (Phi) is 5.96. The molecule has 6 heteroatoms. The fourth-order valence-corrected chi connectivity index (χ4v) is 1.58. The van der Waals surface area contributed by atoms with Crippen molar-refractivity contribution in [1.82, 2.24) is 5.32 Å². The predicted octanol–water partition coefficient (Wildman–Crippen LogP) is 0.770. The van der Waals surface area contributed by atoms with Gasteiger partial charge in [-0.1, -0.05) is 15.9 Å². The molecule has 0 aromatic heterocycles. The van der Waals surface area contributed by atoms with Crippen molar-refractivity contribution in [2.24, 2.45) is 0 Å². The Morgan fingerprint density at radius 3 is 2.94 bits per heavy atom. The number of carbonyl (C=O) groups is 1. The van der Waals surface area contributed by atoms with Gasteiger partial charge in [-0.2, -0.15) is 0 Å². The lowest BCUT2D eigenvalue weighted by molar-refractivity contribution is 0.0838. The van der Waals surface area contributed by atoms with E-state index in [1.54, 1.807) is 18.2 Å². The van der Waals surface area contributed by atoms with E-state index in [9.17, 15) is 4.79 Å². The van der Waals surface area contributed by atoms with Crippen LogP contribution in [0.3, 0.4) is 0 Å². The standard InChI is InChI=1S/C11H15BrN2O3/c12-8-1-2-10(13)9(7-8)11(16)14-3-5-17-6-4-15/h1-2,7,15H,3-6,13H2,(H,14,16). The first-order valence-electron chi connectivity index (χ1n) is 5.17. The molecule has 5 nitrogen and oxygen atoms in total. The summed E-state index contributed by atoms with van der Waals surface area (Å²) in [5.74, 6) is -0.239. The van der Waals surface area contributed by atoms with E-state index in [-0.39, 0.29) is 19.1 Å². The van der Waals surface area contributed by atoms with E-state index < -0.39 is 0 Å². The SMILES string of the molecule is Nc1ccc(Br)cc1C(=O)NCCOCCO. The van der Waals surface area contributed by atoms with E-state index in [2.05, 4.69) is 21.2 Å². The monoisotopic (exact) mass is 302 g/mol. The van der Waals surface area contributed by atoms with E-state index >= 15 is 0 Å². The molecule has 0 atom stereocenters. The van der Waals surface area contributed by atoms with Crippen LogP contribution in [0.5, 0.6) is 0 Å². The minimum absolute atomic E-state index is 0.0213. The zero-order chi connectivity index (χ0) is 12.7. The van der Waals surface area contributed by atoms with E-state index in [1.165, 1.54) is 0 Å². The highest BCUT2D eigenvalue weighted by Crippen LogP contribution is 2.18. The molecule has 1 rings (SSSR count). The van der Waals surface area contributed by atoms with Crippen LogP contribution in [0.1, 0.15) is 10.4 Å². The predicted molar refractivity (Wildman–Crippen MR) is 68.8 cm³/mol. The number of nitrogen functional groups attached to an aromatic ring is 1. The molecule has 0 aliphatic heterocycles. The quantitative estimate of drug-likeness (QED) is 0.535. The number of aliphatic hydroxyl groups excluding tert-OH is 1. The maximum absolute atomic E-state index is 11.7. The number of hydrogen-bond donors (Lipinski definition) is 3. The topological polar surface area (TPSA) is 84.6 Å². The number of amides is 1. The first-order chi connectivity index (χ1) is 8.15. The number of benzene rings is 1. The summed E-state index contributed by atoms with van der Waals surface area (Å²) >= 11 is 3.28. The molecule has 0 spiro atoms. The summed E-state index contributed by atoms with van der Waals surface area (Å²) in [6.07, 6.45) is 0. The highest BCUT2D eigenvalue weighted by molar-refractivity contribution is 9.10. The van der Waals surface area contributed by atoms with Crippen molar-refractivity contribution in [1.29, 1.82) is 0 Å². The highest BCUT2D eigenvalue weighted by Gasteiger charge is 2.09. The normalized spacial score (nSPS) is 10.2. The lowest BCUT2D eigenvalue weighted by Crippen LogP contribution is -2.28. The lowest BCUT2D eigenvalue weighted by atomic mass is 10.1. The second-order valence-electron chi connectivity index (χ2n) is 3.32.